The van der Waals surface area contributed by atoms with Crippen molar-refractivity contribution in [3.05, 3.63) is 17.9 Å². The number of aliphatic hydroxyl groups excluding tert-OH is 1. The van der Waals surface area contributed by atoms with E-state index in [1.807, 2.05) is 6.92 Å². The van der Waals surface area contributed by atoms with Crippen LogP contribution in [0.3, 0.4) is 0 Å². The quantitative estimate of drug-likeness (QED) is 0.839. The van der Waals surface area contributed by atoms with Crippen LogP contribution in [0.15, 0.2) is 21.6 Å². The molecule has 2 N–H and O–H groups in total. The van der Waals surface area contributed by atoms with Crippen molar-refractivity contribution in [3.63, 3.8) is 0 Å². The Hall–Kier alpha value is -0.890. The molecule has 1 fully saturated rings. The standard InChI is InChI=1S/C12H19NO5S/c1-9(10-4-6-17-7-5-10)13-19(15,16)12-3-2-11(8-14)18-12/h2-3,9-10,13-14H,4-8H2,1H3. The monoisotopic (exact) mass is 289 g/mol. The zero-order chi connectivity index (χ0) is 13.9. The molecule has 108 valence electrons. The van der Waals surface area contributed by atoms with E-state index < -0.39 is 10.0 Å². The minimum absolute atomic E-state index is 0.157. The number of hydrogen-bond donors (Lipinski definition) is 2. The highest BCUT2D eigenvalue weighted by Crippen LogP contribution is 2.21. The minimum atomic E-state index is -3.67. The Kier molecular flexibility index (Phi) is 4.62. The summed E-state index contributed by atoms with van der Waals surface area (Å²) < 4.78 is 37.1. The van der Waals surface area contributed by atoms with E-state index >= 15 is 0 Å². The normalized spacial score (nSPS) is 19.5. The van der Waals surface area contributed by atoms with Crippen LogP contribution in [0.4, 0.5) is 0 Å². The molecule has 1 aliphatic rings. The Bertz CT molecular complexity index is 504. The van der Waals surface area contributed by atoms with Gasteiger partial charge in [0.05, 0.1) is 0 Å². The Morgan fingerprint density at radius 1 is 1.42 bits per heavy atom. The number of rotatable bonds is 5. The van der Waals surface area contributed by atoms with Gasteiger partial charge in [-0.25, -0.2) is 13.1 Å². The van der Waals surface area contributed by atoms with Gasteiger partial charge in [0.25, 0.3) is 10.0 Å². The summed E-state index contributed by atoms with van der Waals surface area (Å²) in [5.74, 6) is 0.509. The van der Waals surface area contributed by atoms with E-state index in [9.17, 15) is 8.42 Å². The SMILES string of the molecule is CC(NS(=O)(=O)c1ccc(CO)o1)C1CCOCC1. The smallest absolute Gasteiger partial charge is 0.274 e. The average molecular weight is 289 g/mol. The minimum Gasteiger partial charge on any atom is -0.446 e. The molecule has 6 nitrogen and oxygen atoms in total. The van der Waals surface area contributed by atoms with Crippen LogP contribution in [-0.2, 0) is 21.4 Å². The predicted octanol–water partition coefficient (Wildman–Crippen LogP) is 0.865. The van der Waals surface area contributed by atoms with Gasteiger partial charge in [-0.3, -0.25) is 0 Å². The van der Waals surface area contributed by atoms with Crippen LogP contribution in [0.2, 0.25) is 0 Å². The van der Waals surface area contributed by atoms with Crippen LogP contribution < -0.4 is 4.72 Å². The van der Waals surface area contributed by atoms with Gasteiger partial charge >= 0.3 is 0 Å². The molecule has 0 bridgehead atoms. The van der Waals surface area contributed by atoms with Crippen LogP contribution in [0.5, 0.6) is 0 Å². The number of nitrogens with one attached hydrogen (secondary N) is 1. The predicted molar refractivity (Wildman–Crippen MR) is 68.0 cm³/mol. The molecule has 0 amide bonds. The fourth-order valence-electron chi connectivity index (χ4n) is 2.20. The summed E-state index contributed by atoms with van der Waals surface area (Å²) >= 11 is 0. The van der Waals surface area contributed by atoms with E-state index in [4.69, 9.17) is 14.3 Å². The van der Waals surface area contributed by atoms with E-state index in [-0.39, 0.29) is 29.4 Å². The molecule has 1 saturated heterocycles. The van der Waals surface area contributed by atoms with Gasteiger partial charge in [-0.05, 0) is 37.8 Å². The van der Waals surface area contributed by atoms with E-state index in [0.717, 1.165) is 12.8 Å². The van der Waals surface area contributed by atoms with Crippen molar-refractivity contribution in [3.8, 4) is 0 Å². The van der Waals surface area contributed by atoms with Gasteiger partial charge in [-0.1, -0.05) is 0 Å². The molecule has 1 aromatic rings. The third kappa shape index (κ3) is 3.56. The van der Waals surface area contributed by atoms with Crippen LogP contribution >= 0.6 is 0 Å². The lowest BCUT2D eigenvalue weighted by Gasteiger charge is -2.27. The van der Waals surface area contributed by atoms with Gasteiger partial charge in [0.1, 0.15) is 12.4 Å². The highest BCUT2D eigenvalue weighted by atomic mass is 32.2. The maximum absolute atomic E-state index is 12.1. The fraction of sp³-hybridized carbons (Fsp3) is 0.667. The number of aliphatic hydroxyl groups is 1. The maximum atomic E-state index is 12.1. The molecule has 0 aliphatic carbocycles. The molecule has 0 aromatic carbocycles. The van der Waals surface area contributed by atoms with Gasteiger partial charge < -0.3 is 14.3 Å². The molecule has 0 saturated carbocycles. The Morgan fingerprint density at radius 3 is 2.68 bits per heavy atom. The summed E-state index contributed by atoms with van der Waals surface area (Å²) in [6, 6.07) is 2.63. The second-order valence-corrected chi connectivity index (χ2v) is 6.38. The molecule has 1 unspecified atom stereocenters. The van der Waals surface area contributed by atoms with Crippen LogP contribution in [0, 0.1) is 5.92 Å². The first-order valence-corrected chi connectivity index (χ1v) is 7.81. The van der Waals surface area contributed by atoms with Crippen molar-refractivity contribution in [1.82, 2.24) is 4.72 Å². The summed E-state index contributed by atoms with van der Waals surface area (Å²) in [6.07, 6.45) is 1.70. The molecule has 2 heterocycles. The molecule has 0 spiro atoms. The second kappa shape index (κ2) is 6.04. The van der Waals surface area contributed by atoms with Crippen LogP contribution in [0.25, 0.3) is 0 Å². The number of sulfonamides is 1. The van der Waals surface area contributed by atoms with Gasteiger partial charge in [0, 0.05) is 19.3 Å². The highest BCUT2D eigenvalue weighted by Gasteiger charge is 2.27. The molecule has 7 heteroatoms. The molecule has 1 aliphatic heterocycles. The number of furan rings is 1. The van der Waals surface area contributed by atoms with Gasteiger partial charge in [0.2, 0.25) is 5.09 Å². The summed E-state index contributed by atoms with van der Waals surface area (Å²) in [6.45, 7) is 2.88. The van der Waals surface area contributed by atoms with E-state index in [1.54, 1.807) is 0 Å². The molecule has 1 atom stereocenters. The first-order valence-electron chi connectivity index (χ1n) is 6.32. The van der Waals surface area contributed by atoms with E-state index in [1.165, 1.54) is 12.1 Å². The zero-order valence-corrected chi connectivity index (χ0v) is 11.6. The highest BCUT2D eigenvalue weighted by molar-refractivity contribution is 7.89. The Balaban J connectivity index is 2.03. The first-order chi connectivity index (χ1) is 9.03. The van der Waals surface area contributed by atoms with E-state index in [0.29, 0.717) is 13.2 Å². The topological polar surface area (TPSA) is 88.8 Å². The van der Waals surface area contributed by atoms with Crippen molar-refractivity contribution < 1.29 is 22.7 Å². The maximum Gasteiger partial charge on any atom is 0.274 e. The third-order valence-electron chi connectivity index (χ3n) is 3.37. The van der Waals surface area contributed by atoms with Crippen molar-refractivity contribution in [2.45, 2.75) is 37.5 Å². The van der Waals surface area contributed by atoms with Crippen molar-refractivity contribution in [1.29, 1.82) is 0 Å². The lowest BCUT2D eigenvalue weighted by atomic mass is 9.94. The summed E-state index contributed by atoms with van der Waals surface area (Å²) in [7, 11) is -3.67. The van der Waals surface area contributed by atoms with Crippen LogP contribution in [0.1, 0.15) is 25.5 Å². The van der Waals surface area contributed by atoms with Crippen LogP contribution in [-0.4, -0.2) is 32.8 Å². The van der Waals surface area contributed by atoms with Crippen molar-refractivity contribution in [2.75, 3.05) is 13.2 Å². The van der Waals surface area contributed by atoms with Gasteiger partial charge in [-0.2, -0.15) is 0 Å². The van der Waals surface area contributed by atoms with E-state index in [2.05, 4.69) is 4.72 Å². The van der Waals surface area contributed by atoms with Crippen molar-refractivity contribution >= 4 is 10.0 Å². The lowest BCUT2D eigenvalue weighted by molar-refractivity contribution is 0.0585. The molecule has 1 aromatic heterocycles. The van der Waals surface area contributed by atoms with Crippen molar-refractivity contribution in [2.24, 2.45) is 5.92 Å². The molecular weight excluding hydrogens is 270 g/mol. The lowest BCUT2D eigenvalue weighted by Crippen LogP contribution is -2.40. The largest absolute Gasteiger partial charge is 0.446 e. The second-order valence-electron chi connectivity index (χ2n) is 4.74. The molecule has 0 radical (unpaired) electrons. The third-order valence-corrected chi connectivity index (χ3v) is 4.80. The molecular formula is C12H19NO5S. The molecule has 19 heavy (non-hydrogen) atoms. The summed E-state index contributed by atoms with van der Waals surface area (Å²) in [5, 5.41) is 8.72. The molecule has 2 rings (SSSR count). The van der Waals surface area contributed by atoms with Gasteiger partial charge in [0.15, 0.2) is 0 Å². The fourth-order valence-corrected chi connectivity index (χ4v) is 3.46. The zero-order valence-electron chi connectivity index (χ0n) is 10.8. The Morgan fingerprint density at radius 2 is 2.11 bits per heavy atom. The first kappa shape index (κ1) is 14.5. The average Bonchev–Trinajstić information content (AvgIpc) is 2.89. The summed E-state index contributed by atoms with van der Waals surface area (Å²) in [4.78, 5) is 0. The van der Waals surface area contributed by atoms with Gasteiger partial charge in [-0.15, -0.1) is 0 Å². The number of hydrogen-bond acceptors (Lipinski definition) is 5. The number of ether oxygens (including phenoxy) is 1. The Labute approximate surface area is 112 Å². The summed E-state index contributed by atoms with van der Waals surface area (Å²) in [5.41, 5.74) is 0.